The Morgan fingerprint density at radius 1 is 1.15 bits per heavy atom. The maximum Gasteiger partial charge on any atom is 0.311 e. The lowest BCUT2D eigenvalue weighted by atomic mass is 10.00. The zero-order valence-corrected chi connectivity index (χ0v) is 16.7. The minimum absolute atomic E-state index is 0.211. The van der Waals surface area contributed by atoms with Crippen LogP contribution in [0.2, 0.25) is 0 Å². The van der Waals surface area contributed by atoms with E-state index in [1.807, 2.05) is 52.0 Å². The molecule has 1 unspecified atom stereocenters. The van der Waals surface area contributed by atoms with Crippen LogP contribution in [-0.4, -0.2) is 30.8 Å². The Morgan fingerprint density at radius 3 is 2.46 bits per heavy atom. The molecule has 142 valence electrons. The van der Waals surface area contributed by atoms with Crippen molar-refractivity contribution in [2.45, 2.75) is 40.7 Å². The Kier molecular flexibility index (Phi) is 8.06. The van der Waals surface area contributed by atoms with Crippen LogP contribution >= 0.6 is 11.3 Å². The third kappa shape index (κ3) is 6.11. The fraction of sp³-hybridized carbons (Fsp3) is 0.500. The molecular formula is C20H27NO4S. The molecule has 0 N–H and O–H groups in total. The van der Waals surface area contributed by atoms with E-state index in [2.05, 4.69) is 4.98 Å². The molecule has 1 heterocycles. The highest BCUT2D eigenvalue weighted by molar-refractivity contribution is 7.11. The lowest BCUT2D eigenvalue weighted by Crippen LogP contribution is -2.25. The number of hydrogen-bond acceptors (Lipinski definition) is 6. The molecule has 0 radical (unpaired) electrons. The summed E-state index contributed by atoms with van der Waals surface area (Å²) in [6.07, 6.45) is 0.590. The van der Waals surface area contributed by atoms with Crippen molar-refractivity contribution in [3.8, 4) is 5.75 Å². The van der Waals surface area contributed by atoms with E-state index in [1.54, 1.807) is 11.3 Å². The molecule has 0 saturated carbocycles. The van der Waals surface area contributed by atoms with Gasteiger partial charge >= 0.3 is 5.97 Å². The van der Waals surface area contributed by atoms with Crippen LogP contribution in [0.1, 0.15) is 35.0 Å². The number of carbonyl (C=O) groups excluding carboxylic acids is 1. The van der Waals surface area contributed by atoms with E-state index >= 15 is 0 Å². The molecule has 0 aliphatic heterocycles. The number of aromatic nitrogens is 1. The summed E-state index contributed by atoms with van der Waals surface area (Å²) in [5, 5.41) is 1.05. The topological polar surface area (TPSA) is 57.7 Å². The molecule has 0 aliphatic carbocycles. The van der Waals surface area contributed by atoms with Gasteiger partial charge in [-0.2, -0.15) is 0 Å². The van der Waals surface area contributed by atoms with Crippen molar-refractivity contribution < 1.29 is 19.0 Å². The lowest BCUT2D eigenvalue weighted by Gasteiger charge is -2.15. The smallest absolute Gasteiger partial charge is 0.311 e. The number of nitrogens with zero attached hydrogens (tertiary/aromatic N) is 1. The Balaban J connectivity index is 1.94. The van der Waals surface area contributed by atoms with Gasteiger partial charge in [-0.3, -0.25) is 4.79 Å². The van der Waals surface area contributed by atoms with E-state index in [1.165, 1.54) is 0 Å². The molecule has 0 bridgehead atoms. The summed E-state index contributed by atoms with van der Waals surface area (Å²) in [7, 11) is 0. The van der Waals surface area contributed by atoms with Crippen LogP contribution in [0.5, 0.6) is 5.75 Å². The number of esters is 1. The minimum Gasteiger partial charge on any atom is -0.488 e. The van der Waals surface area contributed by atoms with Gasteiger partial charge in [0.1, 0.15) is 12.4 Å². The summed E-state index contributed by atoms with van der Waals surface area (Å²) in [6, 6.07) is 7.83. The first-order chi connectivity index (χ1) is 12.5. The zero-order valence-electron chi connectivity index (χ0n) is 15.9. The maximum absolute atomic E-state index is 12.1. The molecule has 1 atom stereocenters. The molecular weight excluding hydrogens is 350 g/mol. The van der Waals surface area contributed by atoms with Gasteiger partial charge in [-0.15, -0.1) is 11.3 Å². The largest absolute Gasteiger partial charge is 0.488 e. The van der Waals surface area contributed by atoms with E-state index in [-0.39, 0.29) is 11.9 Å². The minimum atomic E-state index is -0.288. The SMILES string of the molecule is CCOCC(Cc1ccc(OCc2sc(C)nc2C)cc1)C(=O)OCC. The third-order valence-corrected chi connectivity index (χ3v) is 4.96. The van der Waals surface area contributed by atoms with Crippen molar-refractivity contribution >= 4 is 17.3 Å². The number of benzene rings is 1. The predicted octanol–water partition coefficient (Wildman–Crippen LogP) is 4.10. The number of hydrogen-bond donors (Lipinski definition) is 0. The molecule has 6 heteroatoms. The van der Waals surface area contributed by atoms with Crippen LogP contribution in [0.3, 0.4) is 0 Å². The van der Waals surface area contributed by atoms with Crippen LogP contribution in [-0.2, 0) is 27.3 Å². The number of carbonyl (C=O) groups is 1. The summed E-state index contributed by atoms with van der Waals surface area (Å²) in [5.74, 6) is 0.304. The molecule has 2 rings (SSSR count). The van der Waals surface area contributed by atoms with Gasteiger partial charge in [-0.1, -0.05) is 12.1 Å². The second-order valence-electron chi connectivity index (χ2n) is 5.99. The van der Waals surface area contributed by atoms with E-state index in [4.69, 9.17) is 14.2 Å². The van der Waals surface area contributed by atoms with Crippen molar-refractivity contribution in [1.29, 1.82) is 0 Å². The van der Waals surface area contributed by atoms with Gasteiger partial charge in [0.15, 0.2) is 0 Å². The fourth-order valence-corrected chi connectivity index (χ4v) is 3.44. The highest BCUT2D eigenvalue weighted by atomic mass is 32.1. The van der Waals surface area contributed by atoms with Gasteiger partial charge in [0, 0.05) is 6.61 Å². The van der Waals surface area contributed by atoms with Gasteiger partial charge in [-0.05, 0) is 51.8 Å². The summed E-state index contributed by atoms with van der Waals surface area (Å²) < 4.78 is 16.4. The first kappa shape index (κ1) is 20.4. The van der Waals surface area contributed by atoms with Gasteiger partial charge in [0.25, 0.3) is 0 Å². The molecule has 0 aliphatic rings. The van der Waals surface area contributed by atoms with Crippen molar-refractivity contribution in [2.24, 2.45) is 5.92 Å². The standard InChI is InChI=1S/C20H27NO4S/c1-5-23-12-17(20(22)24-6-2)11-16-7-9-18(10-8-16)25-13-19-14(3)21-15(4)26-19/h7-10,17H,5-6,11-13H2,1-4H3. The van der Waals surface area contributed by atoms with E-state index < -0.39 is 0 Å². The molecule has 2 aromatic rings. The third-order valence-electron chi connectivity index (χ3n) is 3.92. The highest BCUT2D eigenvalue weighted by Crippen LogP contribution is 2.21. The fourth-order valence-electron chi connectivity index (χ4n) is 2.59. The second kappa shape index (κ2) is 10.3. The van der Waals surface area contributed by atoms with Gasteiger partial charge in [-0.25, -0.2) is 4.98 Å². The highest BCUT2D eigenvalue weighted by Gasteiger charge is 2.20. The molecule has 0 amide bonds. The van der Waals surface area contributed by atoms with Crippen molar-refractivity contribution in [1.82, 2.24) is 4.98 Å². The molecule has 5 nitrogen and oxygen atoms in total. The van der Waals surface area contributed by atoms with Crippen molar-refractivity contribution in [3.63, 3.8) is 0 Å². The average Bonchev–Trinajstić information content (AvgIpc) is 2.95. The number of aryl methyl sites for hydroxylation is 2. The molecule has 0 spiro atoms. The number of rotatable bonds is 10. The second-order valence-corrected chi connectivity index (χ2v) is 7.27. The molecule has 1 aromatic heterocycles. The zero-order chi connectivity index (χ0) is 18.9. The van der Waals surface area contributed by atoms with Gasteiger partial charge in [0.2, 0.25) is 0 Å². The van der Waals surface area contributed by atoms with E-state index in [9.17, 15) is 4.79 Å². The first-order valence-corrected chi connectivity index (χ1v) is 9.74. The Morgan fingerprint density at radius 2 is 1.88 bits per heavy atom. The van der Waals surface area contributed by atoms with E-state index in [0.717, 1.165) is 26.9 Å². The van der Waals surface area contributed by atoms with Crippen LogP contribution in [0.15, 0.2) is 24.3 Å². The van der Waals surface area contributed by atoms with Crippen molar-refractivity contribution in [2.75, 3.05) is 19.8 Å². The monoisotopic (exact) mass is 377 g/mol. The van der Waals surface area contributed by atoms with Crippen LogP contribution < -0.4 is 4.74 Å². The van der Waals surface area contributed by atoms with Crippen molar-refractivity contribution in [3.05, 3.63) is 45.4 Å². The average molecular weight is 378 g/mol. The predicted molar refractivity (Wildman–Crippen MR) is 103 cm³/mol. The lowest BCUT2D eigenvalue weighted by molar-refractivity contribution is -0.150. The summed E-state index contributed by atoms with van der Waals surface area (Å²) in [4.78, 5) is 17.6. The Labute approximate surface area is 159 Å². The Hall–Kier alpha value is -1.92. The molecule has 0 fully saturated rings. The number of ether oxygens (including phenoxy) is 3. The first-order valence-electron chi connectivity index (χ1n) is 8.92. The Bertz CT molecular complexity index is 696. The van der Waals surface area contributed by atoms with Crippen LogP contribution in [0.25, 0.3) is 0 Å². The number of thiazole rings is 1. The van der Waals surface area contributed by atoms with Crippen LogP contribution in [0.4, 0.5) is 0 Å². The van der Waals surface area contributed by atoms with E-state index in [0.29, 0.717) is 32.8 Å². The molecule has 26 heavy (non-hydrogen) atoms. The summed E-state index contributed by atoms with van der Waals surface area (Å²) in [5.41, 5.74) is 2.08. The molecule has 0 saturated heterocycles. The summed E-state index contributed by atoms with van der Waals surface area (Å²) >= 11 is 1.66. The normalized spacial score (nSPS) is 12.0. The quantitative estimate of drug-likeness (QED) is 0.584. The molecule has 1 aromatic carbocycles. The van der Waals surface area contributed by atoms with Gasteiger partial charge in [0.05, 0.1) is 34.7 Å². The van der Waals surface area contributed by atoms with Crippen LogP contribution in [0, 0.1) is 19.8 Å². The van der Waals surface area contributed by atoms with Gasteiger partial charge < -0.3 is 14.2 Å². The summed E-state index contributed by atoms with van der Waals surface area (Å²) in [6.45, 7) is 9.58. The maximum atomic E-state index is 12.1.